The first-order chi connectivity index (χ1) is 11.5. The first kappa shape index (κ1) is 17.2. The number of benzene rings is 2. The Kier molecular flexibility index (Phi) is 5.12. The highest BCUT2D eigenvalue weighted by Gasteiger charge is 2.38. The Bertz CT molecular complexity index is 898. The molecule has 24 heavy (non-hydrogen) atoms. The zero-order chi connectivity index (χ0) is 17.3. The molecule has 1 heterocycles. The van der Waals surface area contributed by atoms with E-state index in [9.17, 15) is 14.0 Å². The molecule has 0 N–H and O–H groups in total. The lowest BCUT2D eigenvalue weighted by Crippen LogP contribution is -2.35. The molecule has 0 spiro atoms. The third kappa shape index (κ3) is 3.28. The van der Waals surface area contributed by atoms with Gasteiger partial charge in [0.15, 0.2) is 4.32 Å². The molecule has 2 aromatic rings. The number of hydrogen-bond acceptors (Lipinski definition) is 4. The van der Waals surface area contributed by atoms with Gasteiger partial charge in [-0.2, -0.15) is 0 Å². The number of thiocarbonyl (C=S) groups is 1. The number of thioether (sulfide) groups is 1. The Balaban J connectivity index is 1.94. The number of nitrogens with zero attached hydrogens (tertiary/aromatic N) is 1. The molecule has 3 rings (SSSR count). The lowest BCUT2D eigenvalue weighted by molar-refractivity contribution is -0.120. The molecule has 1 aliphatic heterocycles. The van der Waals surface area contributed by atoms with Crippen LogP contribution >= 0.6 is 46.6 Å². The molecule has 0 atom stereocenters. The van der Waals surface area contributed by atoms with E-state index in [1.807, 2.05) is 24.3 Å². The van der Waals surface area contributed by atoms with Crippen molar-refractivity contribution in [3.8, 4) is 0 Å². The van der Waals surface area contributed by atoms with E-state index >= 15 is 0 Å². The molecule has 0 saturated carbocycles. The molecule has 120 valence electrons. The maximum absolute atomic E-state index is 13.8. The van der Waals surface area contributed by atoms with Crippen molar-refractivity contribution in [3.63, 3.8) is 0 Å². The maximum Gasteiger partial charge on any atom is 0.273 e. The van der Waals surface area contributed by atoms with Gasteiger partial charge in [-0.05, 0) is 52.4 Å². The van der Waals surface area contributed by atoms with Gasteiger partial charge in [-0.25, -0.2) is 9.29 Å². The van der Waals surface area contributed by atoms with Crippen molar-refractivity contribution in [2.45, 2.75) is 0 Å². The molecule has 2 amide bonds. The molecular formula is C17H9FINO2S2. The standard InChI is InChI=1S/C17H9FINO2S2/c18-12-7-3-2-6-11(12)15(21)20-16(22)14(24-17(20)23)9-10-5-1-4-8-13(10)19/h1-9H/b14-9-. The summed E-state index contributed by atoms with van der Waals surface area (Å²) < 4.78 is 14.9. The zero-order valence-electron chi connectivity index (χ0n) is 12.0. The number of hydrogen-bond donors (Lipinski definition) is 0. The summed E-state index contributed by atoms with van der Waals surface area (Å²) >= 11 is 8.35. The zero-order valence-corrected chi connectivity index (χ0v) is 15.8. The SMILES string of the molecule is O=C1/C(=C/c2ccccc2I)SC(=S)N1C(=O)c1ccccc1F. The van der Waals surface area contributed by atoms with Crippen LogP contribution in [-0.2, 0) is 4.79 Å². The number of halogens is 2. The van der Waals surface area contributed by atoms with E-state index in [4.69, 9.17) is 12.2 Å². The van der Waals surface area contributed by atoms with Crippen LogP contribution in [0.15, 0.2) is 53.4 Å². The van der Waals surface area contributed by atoms with Gasteiger partial charge in [-0.15, -0.1) is 0 Å². The van der Waals surface area contributed by atoms with Crippen LogP contribution in [0.1, 0.15) is 15.9 Å². The average Bonchev–Trinajstić information content (AvgIpc) is 2.83. The van der Waals surface area contributed by atoms with E-state index in [0.29, 0.717) is 4.91 Å². The van der Waals surface area contributed by atoms with Gasteiger partial charge in [0, 0.05) is 3.57 Å². The van der Waals surface area contributed by atoms with Gasteiger partial charge in [0.1, 0.15) is 5.82 Å². The van der Waals surface area contributed by atoms with Crippen molar-refractivity contribution >= 4 is 68.8 Å². The summed E-state index contributed by atoms with van der Waals surface area (Å²) in [5.41, 5.74) is 0.682. The van der Waals surface area contributed by atoms with E-state index in [-0.39, 0.29) is 9.88 Å². The largest absolute Gasteiger partial charge is 0.273 e. The second-order valence-electron chi connectivity index (χ2n) is 4.82. The fourth-order valence-electron chi connectivity index (χ4n) is 2.13. The van der Waals surface area contributed by atoms with Crippen LogP contribution in [-0.4, -0.2) is 21.0 Å². The van der Waals surface area contributed by atoms with Crippen molar-refractivity contribution in [1.29, 1.82) is 0 Å². The second kappa shape index (κ2) is 7.12. The van der Waals surface area contributed by atoms with Gasteiger partial charge in [0.25, 0.3) is 11.8 Å². The third-order valence-corrected chi connectivity index (χ3v) is 5.58. The van der Waals surface area contributed by atoms with Crippen molar-refractivity contribution in [2.75, 3.05) is 0 Å². The minimum absolute atomic E-state index is 0.102. The second-order valence-corrected chi connectivity index (χ2v) is 7.66. The first-order valence-electron chi connectivity index (χ1n) is 6.80. The lowest BCUT2D eigenvalue weighted by atomic mass is 10.2. The molecule has 1 saturated heterocycles. The number of amides is 2. The van der Waals surface area contributed by atoms with E-state index in [1.165, 1.54) is 24.3 Å². The number of carbonyl (C=O) groups excluding carboxylic acids is 2. The number of rotatable bonds is 2. The van der Waals surface area contributed by atoms with Gasteiger partial charge in [0.05, 0.1) is 10.5 Å². The van der Waals surface area contributed by atoms with Gasteiger partial charge in [-0.3, -0.25) is 9.59 Å². The summed E-state index contributed by atoms with van der Waals surface area (Å²) in [6.45, 7) is 0. The molecule has 0 unspecified atom stereocenters. The molecule has 0 bridgehead atoms. The molecule has 0 aromatic heterocycles. The Morgan fingerprint density at radius 3 is 2.54 bits per heavy atom. The van der Waals surface area contributed by atoms with Crippen molar-refractivity contribution in [1.82, 2.24) is 4.90 Å². The maximum atomic E-state index is 13.8. The minimum Gasteiger partial charge on any atom is -0.268 e. The van der Waals surface area contributed by atoms with E-state index < -0.39 is 17.6 Å². The highest BCUT2D eigenvalue weighted by Crippen LogP contribution is 2.34. The van der Waals surface area contributed by atoms with Crippen LogP contribution in [0, 0.1) is 9.39 Å². The van der Waals surface area contributed by atoms with E-state index in [0.717, 1.165) is 25.8 Å². The summed E-state index contributed by atoms with van der Waals surface area (Å²) in [6, 6.07) is 13.1. The van der Waals surface area contributed by atoms with Crippen molar-refractivity contribution in [2.24, 2.45) is 0 Å². The van der Waals surface area contributed by atoms with Crippen molar-refractivity contribution < 1.29 is 14.0 Å². The van der Waals surface area contributed by atoms with Crippen LogP contribution < -0.4 is 0 Å². The Morgan fingerprint density at radius 2 is 1.83 bits per heavy atom. The van der Waals surface area contributed by atoms with Gasteiger partial charge in [-0.1, -0.05) is 54.3 Å². The lowest BCUT2D eigenvalue weighted by Gasteiger charge is -2.12. The van der Waals surface area contributed by atoms with E-state index in [2.05, 4.69) is 22.6 Å². The molecule has 3 nitrogen and oxygen atoms in total. The quantitative estimate of drug-likeness (QED) is 0.282. The summed E-state index contributed by atoms with van der Waals surface area (Å²) in [6.07, 6.45) is 1.69. The van der Waals surface area contributed by atoms with E-state index in [1.54, 1.807) is 6.08 Å². The predicted molar refractivity (Wildman–Crippen MR) is 105 cm³/mol. The fourth-order valence-corrected chi connectivity index (χ4v) is 3.92. The predicted octanol–water partition coefficient (Wildman–Crippen LogP) is 4.47. The molecular weight excluding hydrogens is 460 g/mol. The monoisotopic (exact) mass is 469 g/mol. The summed E-state index contributed by atoms with van der Waals surface area (Å²) in [4.78, 5) is 26.2. The third-order valence-electron chi connectivity index (χ3n) is 3.29. The highest BCUT2D eigenvalue weighted by molar-refractivity contribution is 14.1. The van der Waals surface area contributed by atoms with Crippen LogP contribution in [0.5, 0.6) is 0 Å². The van der Waals surface area contributed by atoms with Crippen LogP contribution in [0.4, 0.5) is 4.39 Å². The van der Waals surface area contributed by atoms with Gasteiger partial charge >= 0.3 is 0 Å². The summed E-state index contributed by atoms with van der Waals surface area (Å²) in [5, 5.41) is 0. The molecule has 7 heteroatoms. The van der Waals surface area contributed by atoms with Crippen LogP contribution in [0.2, 0.25) is 0 Å². The average molecular weight is 469 g/mol. The summed E-state index contributed by atoms with van der Waals surface area (Å²) in [7, 11) is 0. The Hall–Kier alpha value is -1.58. The molecule has 1 fully saturated rings. The molecule has 0 radical (unpaired) electrons. The van der Waals surface area contributed by atoms with Gasteiger partial charge in [0.2, 0.25) is 0 Å². The highest BCUT2D eigenvalue weighted by atomic mass is 127. The van der Waals surface area contributed by atoms with Gasteiger partial charge < -0.3 is 0 Å². The van der Waals surface area contributed by atoms with Crippen LogP contribution in [0.3, 0.4) is 0 Å². The van der Waals surface area contributed by atoms with Crippen molar-refractivity contribution in [3.05, 3.63) is 74.0 Å². The minimum atomic E-state index is -0.748. The smallest absolute Gasteiger partial charge is 0.268 e. The first-order valence-corrected chi connectivity index (χ1v) is 9.10. The number of imide groups is 1. The summed E-state index contributed by atoms with van der Waals surface area (Å²) in [5.74, 6) is -1.96. The molecule has 0 aliphatic carbocycles. The fraction of sp³-hybridized carbons (Fsp3) is 0. The molecule has 1 aliphatic rings. The Labute approximate surface area is 161 Å². The molecule has 2 aromatic carbocycles. The number of carbonyl (C=O) groups is 2. The normalized spacial score (nSPS) is 16.1. The van der Waals surface area contributed by atoms with Crippen LogP contribution in [0.25, 0.3) is 6.08 Å². The topological polar surface area (TPSA) is 37.4 Å². The Morgan fingerprint density at radius 1 is 1.17 bits per heavy atom.